The number of halogens is 1. The predicted molar refractivity (Wildman–Crippen MR) is 139 cm³/mol. The fourth-order valence-electron chi connectivity index (χ4n) is 4.23. The van der Waals surface area contributed by atoms with Crippen LogP contribution in [-0.2, 0) is 29.6 Å². The molecule has 1 aliphatic heterocycles. The van der Waals surface area contributed by atoms with Gasteiger partial charge >= 0.3 is 12.2 Å². The van der Waals surface area contributed by atoms with Gasteiger partial charge in [0.05, 0.1) is 11.9 Å². The first-order chi connectivity index (χ1) is 16.8. The number of hydrogen-bond acceptors (Lipinski definition) is 9. The highest BCUT2D eigenvalue weighted by atomic mass is 32.2. The fourth-order valence-corrected chi connectivity index (χ4v) is 6.69. The number of carbonyl (C=O) groups excluding carboxylic acids is 2. The van der Waals surface area contributed by atoms with E-state index in [1.807, 2.05) is 0 Å². The Bertz CT molecular complexity index is 1140. The molecule has 0 saturated carbocycles. The lowest BCUT2D eigenvalue weighted by atomic mass is 9.86. The van der Waals surface area contributed by atoms with Crippen LogP contribution in [0.5, 0.6) is 0 Å². The molecule has 0 fully saturated rings. The zero-order valence-corrected chi connectivity index (χ0v) is 23.7. The Hall–Kier alpha value is -2.73. The van der Waals surface area contributed by atoms with Gasteiger partial charge in [0.25, 0.3) is 0 Å². The molecular formula is C25H38FN3O7S. The Morgan fingerprint density at radius 1 is 1.11 bits per heavy atom. The number of imide groups is 1. The molecule has 1 aromatic rings. The molecule has 3 atom stereocenters. The van der Waals surface area contributed by atoms with Crippen LogP contribution in [0, 0.1) is 5.82 Å². The smallest absolute Gasteiger partial charge is 0.425 e. The second-order valence-electron chi connectivity index (χ2n) is 11.1. The zero-order valence-electron chi connectivity index (χ0n) is 22.9. The summed E-state index contributed by atoms with van der Waals surface area (Å²) in [6.07, 6.45) is -2.33. The topological polar surface area (TPSA) is 138 Å². The highest BCUT2D eigenvalue weighted by Gasteiger charge is 2.56. The molecule has 0 saturated heterocycles. The molecule has 2 N–H and O–H groups in total. The van der Waals surface area contributed by atoms with Gasteiger partial charge < -0.3 is 19.9 Å². The summed E-state index contributed by atoms with van der Waals surface area (Å²) in [4.78, 5) is 31.8. The number of rotatable bonds is 4. The third-order valence-electron chi connectivity index (χ3n) is 5.66. The van der Waals surface area contributed by atoms with Gasteiger partial charge in [-0.2, -0.15) is 4.90 Å². The van der Waals surface area contributed by atoms with Crippen molar-refractivity contribution in [2.24, 2.45) is 4.99 Å². The van der Waals surface area contributed by atoms with Crippen LogP contribution in [0.1, 0.15) is 67.4 Å². The van der Waals surface area contributed by atoms with Gasteiger partial charge in [-0.1, -0.05) is 6.92 Å². The van der Waals surface area contributed by atoms with Crippen molar-refractivity contribution in [3.05, 3.63) is 29.6 Å². The summed E-state index contributed by atoms with van der Waals surface area (Å²) >= 11 is 0. The summed E-state index contributed by atoms with van der Waals surface area (Å²) in [7, 11) is -2.95. The van der Waals surface area contributed by atoms with E-state index < -0.39 is 67.5 Å². The maximum atomic E-state index is 15.2. The highest BCUT2D eigenvalue weighted by Crippen LogP contribution is 2.43. The molecule has 1 heterocycles. The molecule has 12 heteroatoms. The normalized spacial score (nSPS) is 23.7. The Labute approximate surface area is 218 Å². The Kier molecular flexibility index (Phi) is 8.71. The minimum atomic E-state index is -4.23. The van der Waals surface area contributed by atoms with E-state index >= 15 is 4.39 Å². The molecule has 0 aromatic heterocycles. The van der Waals surface area contributed by atoms with E-state index in [-0.39, 0.29) is 17.7 Å². The summed E-state index contributed by atoms with van der Waals surface area (Å²) in [6, 6.07) is 3.76. The zero-order chi connectivity index (χ0) is 28.6. The number of aliphatic imine (C=N–C) groups is 1. The maximum Gasteiger partial charge on any atom is 0.425 e. The van der Waals surface area contributed by atoms with Crippen LogP contribution in [0.15, 0.2) is 23.2 Å². The van der Waals surface area contributed by atoms with E-state index in [1.54, 1.807) is 48.5 Å². The largest absolute Gasteiger partial charge is 0.443 e. The Morgan fingerprint density at radius 2 is 1.62 bits per heavy atom. The second-order valence-corrected chi connectivity index (χ2v) is 13.4. The van der Waals surface area contributed by atoms with E-state index in [0.29, 0.717) is 4.90 Å². The number of ether oxygens (including phenoxy) is 3. The molecule has 0 aliphatic carbocycles. The van der Waals surface area contributed by atoms with Crippen molar-refractivity contribution in [3.8, 4) is 0 Å². The number of sulfone groups is 1. The summed E-state index contributed by atoms with van der Waals surface area (Å²) in [6.45, 7) is 12.2. The third kappa shape index (κ3) is 6.59. The van der Waals surface area contributed by atoms with Gasteiger partial charge in [0.2, 0.25) is 0 Å². The molecule has 10 nitrogen and oxygen atoms in total. The van der Waals surface area contributed by atoms with Crippen molar-refractivity contribution in [3.63, 3.8) is 0 Å². The number of hydrogen-bond donors (Lipinski definition) is 1. The summed E-state index contributed by atoms with van der Waals surface area (Å²) in [5.74, 6) is -1.22. The molecule has 1 aliphatic rings. The molecule has 0 radical (unpaired) electrons. The van der Waals surface area contributed by atoms with Gasteiger partial charge in [-0.15, -0.1) is 0 Å². The summed E-state index contributed by atoms with van der Waals surface area (Å²) in [5.41, 5.74) is 2.16. The number of amides is 2. The van der Waals surface area contributed by atoms with E-state index in [4.69, 9.17) is 19.9 Å². The molecular weight excluding hydrogens is 505 g/mol. The first-order valence-corrected chi connectivity index (χ1v) is 13.5. The fraction of sp³-hybridized carbons (Fsp3) is 0.640. The number of benzene rings is 1. The van der Waals surface area contributed by atoms with E-state index in [0.717, 1.165) is 6.07 Å². The highest BCUT2D eigenvalue weighted by molar-refractivity contribution is 7.93. The van der Waals surface area contributed by atoms with Crippen molar-refractivity contribution >= 4 is 33.5 Å². The van der Waals surface area contributed by atoms with Crippen molar-refractivity contribution in [2.75, 3.05) is 19.5 Å². The van der Waals surface area contributed by atoms with Gasteiger partial charge in [-0.05, 0) is 73.1 Å². The average Bonchev–Trinajstić information content (AvgIpc) is 2.70. The van der Waals surface area contributed by atoms with E-state index in [9.17, 15) is 18.0 Å². The van der Waals surface area contributed by atoms with Crippen LogP contribution >= 0.6 is 0 Å². The van der Waals surface area contributed by atoms with E-state index in [2.05, 4.69) is 4.99 Å². The molecule has 0 spiro atoms. The standard InChI is InChI=1S/C25H38FN3O7S/c1-10-19-25(8,16-13-15(27)11-12-17(16)26)28-20(18(14-34-9)37(19,32)33)29(21(30)35-23(2,3)4)22(31)36-24(5,6)7/h11-13,18-19H,10,14,27H2,1-9H3/t18?,19-,25-/m1/s1. The number of anilines is 1. The molecule has 2 amide bonds. The predicted octanol–water partition coefficient (Wildman–Crippen LogP) is 4.42. The van der Waals surface area contributed by atoms with Gasteiger partial charge in [-0.25, -0.2) is 22.4 Å². The lowest BCUT2D eigenvalue weighted by molar-refractivity contribution is 0.0140. The molecule has 2 rings (SSSR count). The number of nitrogens with zero attached hydrogens (tertiary/aromatic N) is 2. The number of nitrogens with two attached hydrogens (primary N) is 1. The second kappa shape index (κ2) is 10.6. The Morgan fingerprint density at radius 3 is 2.05 bits per heavy atom. The molecule has 37 heavy (non-hydrogen) atoms. The van der Waals surface area contributed by atoms with Crippen LogP contribution in [0.3, 0.4) is 0 Å². The SMILES string of the molecule is CC[C@@H]1[C@@](C)(c2cc(N)ccc2F)N=C(N(C(=O)OC(C)(C)C)C(=O)OC(C)(C)C)C(COC)S1(=O)=O. The molecule has 208 valence electrons. The van der Waals surface area contributed by atoms with Crippen molar-refractivity contribution in [1.29, 1.82) is 0 Å². The lowest BCUT2D eigenvalue weighted by Crippen LogP contribution is -2.61. The lowest BCUT2D eigenvalue weighted by Gasteiger charge is -2.43. The van der Waals surface area contributed by atoms with Crippen LogP contribution < -0.4 is 5.73 Å². The van der Waals surface area contributed by atoms with Crippen LogP contribution in [0.4, 0.5) is 19.7 Å². The molecule has 1 unspecified atom stereocenters. The Balaban J connectivity index is 2.95. The molecule has 0 bridgehead atoms. The summed E-state index contributed by atoms with van der Waals surface area (Å²) < 4.78 is 59.2. The number of carbonyl (C=O) groups is 2. The third-order valence-corrected chi connectivity index (χ3v) is 8.39. The minimum absolute atomic E-state index is 0.0585. The van der Waals surface area contributed by atoms with Gasteiger partial charge in [0.1, 0.15) is 33.6 Å². The van der Waals surface area contributed by atoms with Gasteiger partial charge in [0, 0.05) is 18.4 Å². The van der Waals surface area contributed by atoms with Crippen molar-refractivity contribution < 1.29 is 36.6 Å². The summed E-state index contributed by atoms with van der Waals surface area (Å²) in [5, 5.41) is -2.76. The van der Waals surface area contributed by atoms with Crippen LogP contribution in [0.2, 0.25) is 0 Å². The van der Waals surface area contributed by atoms with Crippen molar-refractivity contribution in [1.82, 2.24) is 4.90 Å². The first-order valence-electron chi connectivity index (χ1n) is 11.9. The monoisotopic (exact) mass is 543 g/mol. The average molecular weight is 544 g/mol. The van der Waals surface area contributed by atoms with Crippen LogP contribution in [-0.4, -0.2) is 66.8 Å². The number of nitrogen functional groups attached to an aromatic ring is 1. The first kappa shape index (κ1) is 30.5. The quantitative estimate of drug-likeness (QED) is 0.551. The molecule has 1 aromatic carbocycles. The minimum Gasteiger partial charge on any atom is -0.443 e. The van der Waals surface area contributed by atoms with Gasteiger partial charge in [-0.3, -0.25) is 4.99 Å². The van der Waals surface area contributed by atoms with Crippen molar-refractivity contribution in [2.45, 2.75) is 89.1 Å². The van der Waals surface area contributed by atoms with Crippen LogP contribution in [0.25, 0.3) is 0 Å². The number of amidine groups is 1. The maximum absolute atomic E-state index is 15.2. The number of methoxy groups -OCH3 is 1. The van der Waals surface area contributed by atoms with Gasteiger partial charge in [0.15, 0.2) is 9.84 Å². The van der Waals surface area contributed by atoms with E-state index in [1.165, 1.54) is 26.2 Å².